The summed E-state index contributed by atoms with van der Waals surface area (Å²) in [6.45, 7) is 3.54. The molecule has 1 unspecified atom stereocenters. The van der Waals surface area contributed by atoms with E-state index in [1.165, 1.54) is 30.3 Å². The Morgan fingerprint density at radius 1 is 1.00 bits per heavy atom. The van der Waals surface area contributed by atoms with Crippen LogP contribution in [-0.4, -0.2) is 5.11 Å². The summed E-state index contributed by atoms with van der Waals surface area (Å²) in [6.07, 6.45) is -1.08. The van der Waals surface area contributed by atoms with Crippen molar-refractivity contribution >= 4 is 0 Å². The third kappa shape index (κ3) is 2.41. The number of halogens is 2. The average Bonchev–Trinajstić information content (AvgIpc) is 2.28. The molecule has 0 radical (unpaired) electrons. The van der Waals surface area contributed by atoms with Crippen molar-refractivity contribution in [1.29, 1.82) is 0 Å². The molecule has 0 aliphatic carbocycles. The normalized spacial score (nSPS) is 12.5. The lowest BCUT2D eigenvalue weighted by atomic mass is 9.95. The predicted molar refractivity (Wildman–Crippen MR) is 66.3 cm³/mol. The summed E-state index contributed by atoms with van der Waals surface area (Å²) in [5, 5.41) is 10.2. The molecule has 3 heteroatoms. The van der Waals surface area contributed by atoms with Gasteiger partial charge in [0.05, 0.1) is 0 Å². The zero-order chi connectivity index (χ0) is 13.3. The van der Waals surface area contributed by atoms with Crippen LogP contribution in [0.15, 0.2) is 36.4 Å². The number of hydrogen-bond acceptors (Lipinski definition) is 1. The standard InChI is InChI=1S/C15H14F2O/c1-9-7-10(2)14(13(17)8-9)15(18)11-3-5-12(16)6-4-11/h3-8,15,18H,1-2H3. The van der Waals surface area contributed by atoms with E-state index in [1.54, 1.807) is 13.8 Å². The lowest BCUT2D eigenvalue weighted by Gasteiger charge is -2.16. The van der Waals surface area contributed by atoms with E-state index in [9.17, 15) is 13.9 Å². The van der Waals surface area contributed by atoms with E-state index in [4.69, 9.17) is 0 Å². The minimum Gasteiger partial charge on any atom is -0.384 e. The zero-order valence-corrected chi connectivity index (χ0v) is 10.2. The molecule has 0 amide bonds. The van der Waals surface area contributed by atoms with E-state index < -0.39 is 11.9 Å². The molecule has 2 aromatic carbocycles. The highest BCUT2D eigenvalue weighted by Crippen LogP contribution is 2.28. The molecule has 0 heterocycles. The van der Waals surface area contributed by atoms with Gasteiger partial charge in [0.2, 0.25) is 0 Å². The first-order chi connectivity index (χ1) is 8.49. The van der Waals surface area contributed by atoms with E-state index >= 15 is 0 Å². The fraction of sp³-hybridized carbons (Fsp3) is 0.200. The van der Waals surface area contributed by atoms with Crippen LogP contribution in [0.5, 0.6) is 0 Å². The Kier molecular flexibility index (Phi) is 3.43. The van der Waals surface area contributed by atoms with Crippen molar-refractivity contribution in [2.75, 3.05) is 0 Å². The van der Waals surface area contributed by atoms with Gasteiger partial charge in [-0.3, -0.25) is 0 Å². The maximum absolute atomic E-state index is 13.9. The maximum Gasteiger partial charge on any atom is 0.129 e. The molecular formula is C15H14F2O. The summed E-state index contributed by atoms with van der Waals surface area (Å²) < 4.78 is 26.7. The molecule has 0 fully saturated rings. The SMILES string of the molecule is Cc1cc(C)c(C(O)c2ccc(F)cc2)c(F)c1. The second-order valence-electron chi connectivity index (χ2n) is 4.43. The van der Waals surface area contributed by atoms with Gasteiger partial charge in [-0.2, -0.15) is 0 Å². The molecule has 0 aliphatic heterocycles. The van der Waals surface area contributed by atoms with Gasteiger partial charge < -0.3 is 5.11 Å². The molecule has 0 aromatic heterocycles. The molecular weight excluding hydrogens is 234 g/mol. The number of aliphatic hydroxyl groups is 1. The van der Waals surface area contributed by atoms with Gasteiger partial charge in [-0.15, -0.1) is 0 Å². The van der Waals surface area contributed by atoms with Crippen molar-refractivity contribution in [1.82, 2.24) is 0 Å². The fourth-order valence-electron chi connectivity index (χ4n) is 2.08. The van der Waals surface area contributed by atoms with Crippen LogP contribution in [0.25, 0.3) is 0 Å². The average molecular weight is 248 g/mol. The van der Waals surface area contributed by atoms with Crippen molar-refractivity contribution in [2.24, 2.45) is 0 Å². The Morgan fingerprint density at radius 3 is 2.17 bits per heavy atom. The summed E-state index contributed by atoms with van der Waals surface area (Å²) in [5.74, 6) is -0.823. The Labute approximate surface area is 105 Å². The maximum atomic E-state index is 13.9. The van der Waals surface area contributed by atoms with Crippen LogP contribution in [-0.2, 0) is 0 Å². The number of benzene rings is 2. The zero-order valence-electron chi connectivity index (χ0n) is 10.2. The molecule has 2 rings (SSSR count). The van der Waals surface area contributed by atoms with Crippen molar-refractivity contribution in [3.8, 4) is 0 Å². The molecule has 0 saturated carbocycles. The second-order valence-corrected chi connectivity index (χ2v) is 4.43. The van der Waals surface area contributed by atoms with Crippen molar-refractivity contribution in [3.05, 3.63) is 70.3 Å². The highest BCUT2D eigenvalue weighted by atomic mass is 19.1. The van der Waals surface area contributed by atoms with Crippen LogP contribution in [0.3, 0.4) is 0 Å². The van der Waals surface area contributed by atoms with Crippen molar-refractivity contribution in [3.63, 3.8) is 0 Å². The largest absolute Gasteiger partial charge is 0.384 e. The van der Waals surface area contributed by atoms with Crippen molar-refractivity contribution in [2.45, 2.75) is 20.0 Å². The molecule has 2 aromatic rings. The fourth-order valence-corrected chi connectivity index (χ4v) is 2.08. The molecule has 0 bridgehead atoms. The minimum atomic E-state index is -1.08. The smallest absolute Gasteiger partial charge is 0.129 e. The van der Waals surface area contributed by atoms with Crippen LogP contribution in [0.1, 0.15) is 28.4 Å². The first-order valence-electron chi connectivity index (χ1n) is 5.69. The van der Waals surface area contributed by atoms with E-state index in [0.29, 0.717) is 11.1 Å². The molecule has 0 saturated heterocycles. The Bertz CT molecular complexity index is 538. The lowest BCUT2D eigenvalue weighted by molar-refractivity contribution is 0.214. The van der Waals surface area contributed by atoms with Crippen LogP contribution in [0, 0.1) is 25.5 Å². The minimum absolute atomic E-state index is 0.243. The summed E-state index contributed by atoms with van der Waals surface area (Å²) in [7, 11) is 0. The third-order valence-corrected chi connectivity index (χ3v) is 2.94. The van der Waals surface area contributed by atoms with Gasteiger partial charge >= 0.3 is 0 Å². The summed E-state index contributed by atoms with van der Waals surface area (Å²) in [4.78, 5) is 0. The number of hydrogen-bond donors (Lipinski definition) is 1. The Balaban J connectivity index is 2.46. The molecule has 0 aliphatic rings. The number of rotatable bonds is 2. The van der Waals surface area contributed by atoms with Crippen LogP contribution in [0.4, 0.5) is 8.78 Å². The molecule has 1 atom stereocenters. The van der Waals surface area contributed by atoms with Gasteiger partial charge in [-0.1, -0.05) is 18.2 Å². The van der Waals surface area contributed by atoms with Gasteiger partial charge in [0.15, 0.2) is 0 Å². The van der Waals surface area contributed by atoms with Gasteiger partial charge in [0.1, 0.15) is 17.7 Å². The predicted octanol–water partition coefficient (Wildman–Crippen LogP) is 3.66. The molecule has 1 N–H and O–H groups in total. The van der Waals surface area contributed by atoms with E-state index in [2.05, 4.69) is 0 Å². The van der Waals surface area contributed by atoms with Gasteiger partial charge in [-0.05, 0) is 48.7 Å². The topological polar surface area (TPSA) is 20.2 Å². The van der Waals surface area contributed by atoms with Crippen LogP contribution < -0.4 is 0 Å². The van der Waals surface area contributed by atoms with E-state index in [1.807, 2.05) is 6.07 Å². The number of aryl methyl sites for hydroxylation is 2. The highest BCUT2D eigenvalue weighted by Gasteiger charge is 2.17. The summed E-state index contributed by atoms with van der Waals surface area (Å²) in [5.41, 5.74) is 2.21. The Morgan fingerprint density at radius 2 is 1.61 bits per heavy atom. The highest BCUT2D eigenvalue weighted by molar-refractivity contribution is 5.38. The molecule has 0 spiro atoms. The summed E-state index contributed by atoms with van der Waals surface area (Å²) >= 11 is 0. The van der Waals surface area contributed by atoms with Crippen LogP contribution >= 0.6 is 0 Å². The first kappa shape index (κ1) is 12.7. The number of aliphatic hydroxyl groups excluding tert-OH is 1. The second kappa shape index (κ2) is 4.86. The van der Waals surface area contributed by atoms with Crippen molar-refractivity contribution < 1.29 is 13.9 Å². The Hall–Kier alpha value is -1.74. The van der Waals surface area contributed by atoms with Gasteiger partial charge in [0, 0.05) is 5.56 Å². The van der Waals surface area contributed by atoms with Crippen LogP contribution in [0.2, 0.25) is 0 Å². The third-order valence-electron chi connectivity index (χ3n) is 2.94. The lowest BCUT2D eigenvalue weighted by Crippen LogP contribution is -2.05. The first-order valence-corrected chi connectivity index (χ1v) is 5.69. The van der Waals surface area contributed by atoms with Gasteiger partial charge in [-0.25, -0.2) is 8.78 Å². The quantitative estimate of drug-likeness (QED) is 0.859. The molecule has 1 nitrogen and oxygen atoms in total. The monoisotopic (exact) mass is 248 g/mol. The summed E-state index contributed by atoms with van der Waals surface area (Å²) in [6, 6.07) is 8.61. The van der Waals surface area contributed by atoms with E-state index in [0.717, 1.165) is 5.56 Å². The molecule has 18 heavy (non-hydrogen) atoms. The molecule has 94 valence electrons. The van der Waals surface area contributed by atoms with E-state index in [-0.39, 0.29) is 11.4 Å². The van der Waals surface area contributed by atoms with Gasteiger partial charge in [0.25, 0.3) is 0 Å².